The van der Waals surface area contributed by atoms with Gasteiger partial charge in [-0.25, -0.2) is 0 Å². The largest absolute Gasteiger partial charge is 0.377 e. The molecule has 0 fully saturated rings. The summed E-state index contributed by atoms with van der Waals surface area (Å²) in [5.41, 5.74) is 15.9. The molecular formula is C81H77N3. The van der Waals surface area contributed by atoms with Gasteiger partial charge in [-0.3, -0.25) is 0 Å². The van der Waals surface area contributed by atoms with Gasteiger partial charge in [0.1, 0.15) is 0 Å². The lowest BCUT2D eigenvalue weighted by molar-refractivity contribution is 0.590. The van der Waals surface area contributed by atoms with E-state index in [4.69, 9.17) is 0 Å². The van der Waals surface area contributed by atoms with E-state index in [0.717, 1.165) is 55.9 Å². The van der Waals surface area contributed by atoms with E-state index >= 15 is 0 Å². The van der Waals surface area contributed by atoms with Crippen molar-refractivity contribution in [2.75, 3.05) is 57.0 Å². The maximum absolute atomic E-state index is 3.57. The summed E-state index contributed by atoms with van der Waals surface area (Å²) in [6.07, 6.45) is 0. The van der Waals surface area contributed by atoms with Crippen molar-refractivity contribution < 1.29 is 0 Å². The molecule has 0 unspecified atom stereocenters. The van der Waals surface area contributed by atoms with Crippen molar-refractivity contribution in [3.05, 3.63) is 243 Å². The number of hydrogen-bond donors (Lipinski definition) is 0. The smallest absolute Gasteiger partial charge is 0.0453 e. The van der Waals surface area contributed by atoms with Gasteiger partial charge in [-0.1, -0.05) is 213 Å². The van der Waals surface area contributed by atoms with E-state index < -0.39 is 0 Å². The second-order valence-corrected chi connectivity index (χ2v) is 24.3. The van der Waals surface area contributed by atoms with Gasteiger partial charge >= 0.3 is 0 Å². The fourth-order valence-electron chi connectivity index (χ4n) is 11.3. The normalized spacial score (nSPS) is 11.1. The van der Waals surface area contributed by atoms with E-state index in [1.54, 1.807) is 0 Å². The molecule has 0 radical (unpaired) electrons. The molecule has 12 aromatic carbocycles. The lowest BCUT2D eigenvalue weighted by Crippen LogP contribution is -2.11. The molecule has 0 aliphatic rings. The fourth-order valence-corrected chi connectivity index (χ4v) is 11.3. The Morgan fingerprint density at radius 2 is 0.524 bits per heavy atom. The van der Waals surface area contributed by atoms with Gasteiger partial charge in [0.05, 0.1) is 0 Å². The van der Waals surface area contributed by atoms with Crippen LogP contribution in [0.4, 0.5) is 17.1 Å². The highest BCUT2D eigenvalue weighted by molar-refractivity contribution is 6.30. The summed E-state index contributed by atoms with van der Waals surface area (Å²) in [5, 5.41) is 14.7. The molecule has 3 nitrogen and oxygen atoms in total. The number of hydrogen-bond acceptors (Lipinski definition) is 3. The van der Waals surface area contributed by atoms with Crippen LogP contribution in [0.1, 0.15) is 118 Å². The number of benzene rings is 12. The van der Waals surface area contributed by atoms with Crippen LogP contribution in [0.3, 0.4) is 0 Å². The van der Waals surface area contributed by atoms with Crippen molar-refractivity contribution in [1.82, 2.24) is 0 Å². The van der Waals surface area contributed by atoms with Crippen LogP contribution in [0.25, 0.3) is 64.6 Å². The van der Waals surface area contributed by atoms with Crippen LogP contribution in [0, 0.1) is 54.3 Å². The Balaban J connectivity index is 0.000000202. The van der Waals surface area contributed by atoms with Gasteiger partial charge in [-0.15, -0.1) is 0 Å². The Morgan fingerprint density at radius 1 is 0.274 bits per heavy atom. The number of rotatable bonds is 3. The zero-order chi connectivity index (χ0) is 57.6. The molecule has 12 rings (SSSR count). The molecule has 0 aromatic heterocycles. The predicted octanol–water partition coefficient (Wildman–Crippen LogP) is 19.1. The van der Waals surface area contributed by atoms with Crippen molar-refractivity contribution >= 4 is 81.7 Å². The van der Waals surface area contributed by atoms with Crippen molar-refractivity contribution in [2.24, 2.45) is 0 Å². The molecule has 0 aliphatic heterocycles. The van der Waals surface area contributed by atoms with E-state index in [0.29, 0.717) is 0 Å². The van der Waals surface area contributed by atoms with Crippen LogP contribution in [-0.2, 0) is 10.8 Å². The molecule has 0 saturated carbocycles. The molecule has 0 saturated heterocycles. The molecule has 84 heavy (non-hydrogen) atoms. The molecule has 416 valence electrons. The summed E-state index contributed by atoms with van der Waals surface area (Å²) in [5.74, 6) is 27.8. The first-order valence-electron chi connectivity index (χ1n) is 28.3. The van der Waals surface area contributed by atoms with Crippen LogP contribution >= 0.6 is 0 Å². The van der Waals surface area contributed by atoms with E-state index in [2.05, 4.69) is 298 Å². The minimum Gasteiger partial charge on any atom is -0.377 e. The van der Waals surface area contributed by atoms with E-state index in [1.165, 1.54) is 87.0 Å². The van der Waals surface area contributed by atoms with E-state index in [-0.39, 0.29) is 25.7 Å². The Hall–Kier alpha value is -9.64. The Morgan fingerprint density at radius 3 is 0.810 bits per heavy atom. The van der Waals surface area contributed by atoms with Gasteiger partial charge in [0.25, 0.3) is 0 Å². The summed E-state index contributed by atoms with van der Waals surface area (Å²) in [6, 6.07) is 64.7. The average Bonchev–Trinajstić information content (AvgIpc) is 1.10. The third-order valence-corrected chi connectivity index (χ3v) is 15.8. The zero-order valence-electron chi connectivity index (χ0n) is 49.7. The quantitative estimate of drug-likeness (QED) is 0.129. The average molecular weight is 1090 g/mol. The molecular weight excluding hydrogens is 1010 g/mol. The monoisotopic (exact) mass is 1090 g/mol. The summed E-state index contributed by atoms with van der Waals surface area (Å²) in [4.78, 5) is 6.58. The third kappa shape index (κ3) is 11.6. The second-order valence-electron chi connectivity index (χ2n) is 24.3. The van der Waals surface area contributed by atoms with Crippen molar-refractivity contribution in [3.63, 3.8) is 0 Å². The Bertz CT molecular complexity index is 4490. The van der Waals surface area contributed by atoms with Crippen LogP contribution in [0.2, 0.25) is 0 Å². The molecule has 0 amide bonds. The highest BCUT2D eigenvalue weighted by Gasteiger charge is 2.21. The van der Waals surface area contributed by atoms with E-state index in [1.807, 2.05) is 36.4 Å². The molecule has 12 aromatic rings. The topological polar surface area (TPSA) is 9.72 Å². The maximum Gasteiger partial charge on any atom is 0.0453 e. The highest BCUT2D eigenvalue weighted by Crippen LogP contribution is 2.45. The first-order chi connectivity index (χ1) is 39.3. The number of aryl methyl sites for hydroxylation is 1. The zero-order valence-corrected chi connectivity index (χ0v) is 49.7. The maximum atomic E-state index is 3.57. The molecule has 0 atom stereocenters. The summed E-state index contributed by atoms with van der Waals surface area (Å²) in [7, 11) is 12.7. The molecule has 3 heteroatoms. The van der Waals surface area contributed by atoms with Gasteiger partial charge < -0.3 is 14.7 Å². The van der Waals surface area contributed by atoms with Crippen molar-refractivity contribution in [3.8, 4) is 47.4 Å². The first kappa shape index (κ1) is 59.0. The number of nitrogens with zero attached hydrogens (tertiary/aromatic N) is 3. The van der Waals surface area contributed by atoms with Crippen LogP contribution < -0.4 is 14.7 Å². The molecule has 0 heterocycles. The third-order valence-electron chi connectivity index (χ3n) is 15.8. The Kier molecular flexibility index (Phi) is 16.6. The lowest BCUT2D eigenvalue weighted by atomic mass is 9.86. The van der Waals surface area contributed by atoms with E-state index in [9.17, 15) is 0 Å². The van der Waals surface area contributed by atoms with Crippen LogP contribution in [0.15, 0.2) is 182 Å². The number of anilines is 3. The second kappa shape index (κ2) is 23.7. The Labute approximate surface area is 500 Å². The van der Waals surface area contributed by atoms with Crippen LogP contribution in [-0.4, -0.2) is 42.3 Å². The lowest BCUT2D eigenvalue weighted by Gasteiger charge is -2.23. The summed E-state index contributed by atoms with van der Waals surface area (Å²) in [6.45, 7) is 15.6. The van der Waals surface area contributed by atoms with Gasteiger partial charge in [0.2, 0.25) is 0 Å². The van der Waals surface area contributed by atoms with Gasteiger partial charge in [0, 0.05) is 136 Å². The predicted molar refractivity (Wildman–Crippen MR) is 369 cm³/mol. The minimum absolute atomic E-state index is 0. The van der Waals surface area contributed by atoms with Crippen molar-refractivity contribution in [1.29, 1.82) is 0 Å². The standard InChI is InChI=1S/C44H44N2.C35H25N.2CH4/c1-43(2,3)33-19-13-29(14-20-33)11-17-31-27-39(45(7)8)37-25-26-38-40(46(9)10)28-32(36-24-23-35(31)41(37)42(36)38)18-12-30-15-21-34(22-16-30)44(4,5)6;1-24-22-27(16-14-25-10-6-4-7-11-25)30-19-20-31-28(17-15-26-12-8-5-9-13-26)23-33(36(2)3)32-21-18-29(24)34(30)35(31)32;;/h13-16,19-28H,1-10H3;4-13,18-23H,1-3H3;2*1H4. The summed E-state index contributed by atoms with van der Waals surface area (Å²) < 4.78 is 0. The van der Waals surface area contributed by atoms with Crippen LogP contribution in [0.5, 0.6) is 0 Å². The highest BCUT2D eigenvalue weighted by atomic mass is 15.1. The molecule has 0 spiro atoms. The fraction of sp³-hybridized carbons (Fsp3) is 0.210. The summed E-state index contributed by atoms with van der Waals surface area (Å²) >= 11 is 0. The SMILES string of the molecule is C.C.CN(C)c1cc(C#Cc2ccc(C(C)(C)C)cc2)c2ccc3c(C#Cc4ccc(C(C)(C)C)cc4)cc(N(C)C)c4ccc1c2c34.Cc1cc(C#Cc2ccccc2)c2ccc3c(C#Cc4ccccc4)cc(N(C)C)c4ccc1c2c34. The van der Waals surface area contributed by atoms with Gasteiger partial charge in [-0.2, -0.15) is 0 Å². The van der Waals surface area contributed by atoms with Gasteiger partial charge in [-0.05, 0) is 140 Å². The van der Waals surface area contributed by atoms with Gasteiger partial charge in [0.15, 0.2) is 0 Å². The minimum atomic E-state index is 0. The molecule has 0 N–H and O–H groups in total. The molecule has 0 bridgehead atoms. The van der Waals surface area contributed by atoms with Crippen molar-refractivity contribution in [2.45, 2.75) is 74.1 Å². The molecule has 0 aliphatic carbocycles. The first-order valence-corrected chi connectivity index (χ1v) is 28.3.